The number of nitrogens with one attached hydrogen (secondary N) is 2. The SMILES string of the molecule is CCCC(=O)NC(=S)Nc1sc2c(c1C(N)=O)CCCC2. The molecular formula is C14H19N3O2S2. The third-order valence-electron chi connectivity index (χ3n) is 3.37. The van der Waals surface area contributed by atoms with E-state index in [9.17, 15) is 9.59 Å². The van der Waals surface area contributed by atoms with Crippen LogP contribution in [0.2, 0.25) is 0 Å². The maximum absolute atomic E-state index is 11.7. The van der Waals surface area contributed by atoms with Crippen LogP contribution < -0.4 is 16.4 Å². The molecule has 0 atom stereocenters. The molecule has 0 radical (unpaired) electrons. The van der Waals surface area contributed by atoms with Crippen molar-refractivity contribution in [2.45, 2.75) is 45.4 Å². The average Bonchev–Trinajstić information content (AvgIpc) is 2.76. The molecule has 7 heteroatoms. The van der Waals surface area contributed by atoms with Crippen molar-refractivity contribution in [2.24, 2.45) is 5.73 Å². The van der Waals surface area contributed by atoms with Crippen molar-refractivity contribution in [2.75, 3.05) is 5.32 Å². The lowest BCUT2D eigenvalue weighted by atomic mass is 9.95. The average molecular weight is 325 g/mol. The first-order chi connectivity index (χ1) is 10.0. The Morgan fingerprint density at radius 1 is 1.33 bits per heavy atom. The van der Waals surface area contributed by atoms with Gasteiger partial charge in [-0.1, -0.05) is 6.92 Å². The molecule has 0 fully saturated rings. The van der Waals surface area contributed by atoms with E-state index < -0.39 is 5.91 Å². The van der Waals surface area contributed by atoms with Crippen molar-refractivity contribution in [3.05, 3.63) is 16.0 Å². The summed E-state index contributed by atoms with van der Waals surface area (Å²) in [5, 5.41) is 6.43. The number of fused-ring (bicyclic) bond motifs is 1. The van der Waals surface area contributed by atoms with E-state index in [1.165, 1.54) is 16.2 Å². The number of anilines is 1. The van der Waals surface area contributed by atoms with E-state index >= 15 is 0 Å². The highest BCUT2D eigenvalue weighted by molar-refractivity contribution is 7.80. The molecule has 2 rings (SSSR count). The number of rotatable bonds is 4. The number of carbonyl (C=O) groups excluding carboxylic acids is 2. The Balaban J connectivity index is 2.16. The van der Waals surface area contributed by atoms with Crippen LogP contribution in [0.15, 0.2) is 0 Å². The molecule has 114 valence electrons. The predicted molar refractivity (Wildman–Crippen MR) is 88.8 cm³/mol. The maximum atomic E-state index is 11.7. The van der Waals surface area contributed by atoms with E-state index in [1.807, 2.05) is 6.92 Å². The summed E-state index contributed by atoms with van der Waals surface area (Å²) in [6.45, 7) is 1.93. The standard InChI is InChI=1S/C14H19N3O2S2/c1-2-5-10(18)16-14(20)17-13-11(12(15)19)8-6-3-4-7-9(8)21-13/h2-7H2,1H3,(H2,15,19)(H2,16,17,18,20). The summed E-state index contributed by atoms with van der Waals surface area (Å²) >= 11 is 6.63. The highest BCUT2D eigenvalue weighted by Crippen LogP contribution is 2.37. The van der Waals surface area contributed by atoms with Crippen molar-refractivity contribution in [1.29, 1.82) is 0 Å². The minimum Gasteiger partial charge on any atom is -0.365 e. The second-order valence-electron chi connectivity index (χ2n) is 5.03. The van der Waals surface area contributed by atoms with Crippen LogP contribution in [0.25, 0.3) is 0 Å². The molecule has 0 saturated carbocycles. The van der Waals surface area contributed by atoms with Gasteiger partial charge in [-0.15, -0.1) is 11.3 Å². The number of nitrogens with two attached hydrogens (primary N) is 1. The Bertz CT molecular complexity index is 581. The highest BCUT2D eigenvalue weighted by Gasteiger charge is 2.24. The second kappa shape index (κ2) is 7.00. The zero-order chi connectivity index (χ0) is 15.4. The van der Waals surface area contributed by atoms with Gasteiger partial charge in [0.05, 0.1) is 5.56 Å². The van der Waals surface area contributed by atoms with Gasteiger partial charge in [0, 0.05) is 11.3 Å². The zero-order valence-electron chi connectivity index (χ0n) is 12.0. The van der Waals surface area contributed by atoms with E-state index in [4.69, 9.17) is 18.0 Å². The molecule has 21 heavy (non-hydrogen) atoms. The molecule has 1 heterocycles. The number of hydrogen-bond donors (Lipinski definition) is 3. The fourth-order valence-electron chi connectivity index (χ4n) is 2.47. The number of amides is 2. The lowest BCUT2D eigenvalue weighted by Crippen LogP contribution is -2.34. The van der Waals surface area contributed by atoms with Gasteiger partial charge in [-0.05, 0) is 49.9 Å². The van der Waals surface area contributed by atoms with Crippen LogP contribution in [0.1, 0.15) is 53.4 Å². The number of thiocarbonyl (C=S) groups is 1. The molecule has 4 N–H and O–H groups in total. The van der Waals surface area contributed by atoms with Crippen LogP contribution in [0.5, 0.6) is 0 Å². The molecule has 1 aliphatic rings. The summed E-state index contributed by atoms with van der Waals surface area (Å²) in [6, 6.07) is 0. The molecule has 0 aliphatic heterocycles. The Morgan fingerprint density at radius 2 is 2.05 bits per heavy atom. The zero-order valence-corrected chi connectivity index (χ0v) is 13.6. The monoisotopic (exact) mass is 325 g/mol. The largest absolute Gasteiger partial charge is 0.365 e. The quantitative estimate of drug-likeness (QED) is 0.742. The summed E-state index contributed by atoms with van der Waals surface area (Å²) < 4.78 is 0. The van der Waals surface area contributed by atoms with Crippen LogP contribution in [-0.2, 0) is 17.6 Å². The van der Waals surface area contributed by atoms with Crippen molar-refractivity contribution in [3.8, 4) is 0 Å². The number of primary amides is 1. The molecule has 0 bridgehead atoms. The van der Waals surface area contributed by atoms with E-state index in [0.717, 1.165) is 37.7 Å². The van der Waals surface area contributed by atoms with Crippen LogP contribution in [-0.4, -0.2) is 16.9 Å². The van der Waals surface area contributed by atoms with Gasteiger partial charge in [0.1, 0.15) is 5.00 Å². The lowest BCUT2D eigenvalue weighted by Gasteiger charge is -2.11. The van der Waals surface area contributed by atoms with E-state index in [1.54, 1.807) is 0 Å². The first kappa shape index (κ1) is 15.9. The van der Waals surface area contributed by atoms with Gasteiger partial charge in [-0.2, -0.15) is 0 Å². The van der Waals surface area contributed by atoms with Crippen LogP contribution in [0.3, 0.4) is 0 Å². The molecule has 5 nitrogen and oxygen atoms in total. The summed E-state index contributed by atoms with van der Waals surface area (Å²) in [5.41, 5.74) is 7.08. The third-order valence-corrected chi connectivity index (χ3v) is 4.79. The van der Waals surface area contributed by atoms with E-state index in [0.29, 0.717) is 17.0 Å². The van der Waals surface area contributed by atoms with Crippen molar-refractivity contribution >= 4 is 45.5 Å². The summed E-state index contributed by atoms with van der Waals surface area (Å²) in [5.74, 6) is -0.573. The predicted octanol–water partition coefficient (Wildman–Crippen LogP) is 2.34. The number of hydrogen-bond acceptors (Lipinski definition) is 4. The molecule has 1 aliphatic carbocycles. The first-order valence-corrected chi connectivity index (χ1v) is 8.30. The van der Waals surface area contributed by atoms with E-state index in [-0.39, 0.29) is 11.0 Å². The van der Waals surface area contributed by atoms with Crippen molar-refractivity contribution in [3.63, 3.8) is 0 Å². The Hall–Kier alpha value is -1.47. The topological polar surface area (TPSA) is 84.2 Å². The smallest absolute Gasteiger partial charge is 0.251 e. The van der Waals surface area contributed by atoms with Gasteiger partial charge >= 0.3 is 0 Å². The summed E-state index contributed by atoms with van der Waals surface area (Å²) in [6.07, 6.45) is 5.22. The van der Waals surface area contributed by atoms with Gasteiger partial charge in [-0.3, -0.25) is 9.59 Å². The Labute approximate surface area is 133 Å². The Morgan fingerprint density at radius 3 is 2.71 bits per heavy atom. The molecule has 0 saturated heterocycles. The molecule has 0 spiro atoms. The lowest BCUT2D eigenvalue weighted by molar-refractivity contribution is -0.119. The van der Waals surface area contributed by atoms with Gasteiger partial charge in [0.15, 0.2) is 5.11 Å². The van der Waals surface area contributed by atoms with Gasteiger partial charge in [0.2, 0.25) is 5.91 Å². The first-order valence-electron chi connectivity index (χ1n) is 7.08. The van der Waals surface area contributed by atoms with Crippen LogP contribution >= 0.6 is 23.6 Å². The molecule has 2 amide bonds. The number of carbonyl (C=O) groups is 2. The summed E-state index contributed by atoms with van der Waals surface area (Å²) in [4.78, 5) is 24.4. The molecule has 0 unspecified atom stereocenters. The maximum Gasteiger partial charge on any atom is 0.251 e. The summed E-state index contributed by atoms with van der Waals surface area (Å²) in [7, 11) is 0. The van der Waals surface area contributed by atoms with Crippen molar-refractivity contribution < 1.29 is 9.59 Å². The minimum atomic E-state index is -0.445. The molecule has 0 aromatic carbocycles. The van der Waals surface area contributed by atoms with E-state index in [2.05, 4.69) is 10.6 Å². The van der Waals surface area contributed by atoms with Gasteiger partial charge in [-0.25, -0.2) is 0 Å². The molecule has 1 aromatic rings. The van der Waals surface area contributed by atoms with Crippen molar-refractivity contribution in [1.82, 2.24) is 5.32 Å². The van der Waals surface area contributed by atoms with Gasteiger partial charge in [0.25, 0.3) is 5.91 Å². The van der Waals surface area contributed by atoms with Gasteiger partial charge < -0.3 is 16.4 Å². The molecule has 1 aromatic heterocycles. The fraction of sp³-hybridized carbons (Fsp3) is 0.500. The number of thiophene rings is 1. The normalized spacial score (nSPS) is 13.4. The second-order valence-corrected chi connectivity index (χ2v) is 6.54. The van der Waals surface area contributed by atoms with Crippen LogP contribution in [0, 0.1) is 0 Å². The van der Waals surface area contributed by atoms with Crippen LogP contribution in [0.4, 0.5) is 5.00 Å². The number of aryl methyl sites for hydroxylation is 1. The molecular weight excluding hydrogens is 306 g/mol. The Kier molecular flexibility index (Phi) is 5.30. The fourth-order valence-corrected chi connectivity index (χ4v) is 4.04. The third kappa shape index (κ3) is 3.79. The highest BCUT2D eigenvalue weighted by atomic mass is 32.1. The minimum absolute atomic E-state index is 0.128.